The molecule has 0 spiro atoms. The summed E-state index contributed by atoms with van der Waals surface area (Å²) >= 11 is -0.0374. The number of thioether (sulfide) groups is 1. The van der Waals surface area contributed by atoms with Crippen molar-refractivity contribution in [2.75, 3.05) is 31.9 Å². The highest BCUT2D eigenvalue weighted by Crippen LogP contribution is 2.29. The quantitative estimate of drug-likeness (QED) is 0.759. The Bertz CT molecular complexity index is 255. The van der Waals surface area contributed by atoms with Crippen LogP contribution in [0, 0.1) is 0 Å². The largest absolute Gasteiger partial charge is 0.441 e. The number of alkyl halides is 3. The van der Waals surface area contributed by atoms with Gasteiger partial charge in [-0.05, 0) is 31.0 Å². The summed E-state index contributed by atoms with van der Waals surface area (Å²) in [4.78, 5) is 13.5. The van der Waals surface area contributed by atoms with E-state index in [2.05, 4.69) is 5.32 Å². The minimum Gasteiger partial charge on any atom is -0.343 e. The molecule has 0 unspecified atom stereocenters. The van der Waals surface area contributed by atoms with Crippen LogP contribution in [0.4, 0.5) is 13.2 Å². The van der Waals surface area contributed by atoms with E-state index in [0.29, 0.717) is 13.0 Å². The minimum absolute atomic E-state index is 0.0125. The average Bonchev–Trinajstić information content (AvgIpc) is 2.33. The topological polar surface area (TPSA) is 32.3 Å². The van der Waals surface area contributed by atoms with Crippen LogP contribution in [0.15, 0.2) is 0 Å². The highest BCUT2D eigenvalue weighted by molar-refractivity contribution is 8.00. The summed E-state index contributed by atoms with van der Waals surface area (Å²) in [7, 11) is 0. The average molecular weight is 284 g/mol. The first-order valence-electron chi connectivity index (χ1n) is 6.18. The molecule has 1 amide bonds. The van der Waals surface area contributed by atoms with Crippen LogP contribution in [0.3, 0.4) is 0 Å². The van der Waals surface area contributed by atoms with E-state index in [-0.39, 0.29) is 30.0 Å². The highest BCUT2D eigenvalue weighted by atomic mass is 32.2. The van der Waals surface area contributed by atoms with Crippen molar-refractivity contribution in [1.29, 1.82) is 0 Å². The van der Waals surface area contributed by atoms with Gasteiger partial charge in [0, 0.05) is 38.4 Å². The zero-order valence-electron chi connectivity index (χ0n) is 10.3. The van der Waals surface area contributed by atoms with Gasteiger partial charge < -0.3 is 10.2 Å². The van der Waals surface area contributed by atoms with Gasteiger partial charge in [0.15, 0.2) is 0 Å². The maximum atomic E-state index is 11.8. The number of nitrogens with zero attached hydrogens (tertiary/aromatic N) is 1. The third-order valence-electron chi connectivity index (χ3n) is 2.77. The first-order chi connectivity index (χ1) is 8.49. The Hall–Kier alpha value is -0.430. The number of hydrogen-bond acceptors (Lipinski definition) is 3. The molecule has 7 heteroatoms. The van der Waals surface area contributed by atoms with E-state index in [4.69, 9.17) is 0 Å². The normalized spacial score (nSPS) is 16.9. The lowest BCUT2D eigenvalue weighted by atomic mass is 10.1. The molecule has 1 heterocycles. The molecule has 18 heavy (non-hydrogen) atoms. The fourth-order valence-electron chi connectivity index (χ4n) is 1.86. The summed E-state index contributed by atoms with van der Waals surface area (Å²) in [6.45, 7) is 2.37. The van der Waals surface area contributed by atoms with Gasteiger partial charge in [0.1, 0.15) is 0 Å². The maximum Gasteiger partial charge on any atom is 0.441 e. The van der Waals surface area contributed by atoms with Crippen molar-refractivity contribution < 1.29 is 18.0 Å². The number of carbonyl (C=O) groups excluding carboxylic acids is 1. The maximum absolute atomic E-state index is 11.8. The van der Waals surface area contributed by atoms with Gasteiger partial charge in [-0.2, -0.15) is 13.2 Å². The molecule has 0 atom stereocenters. The van der Waals surface area contributed by atoms with Gasteiger partial charge in [0.05, 0.1) is 0 Å². The lowest BCUT2D eigenvalue weighted by molar-refractivity contribution is -0.131. The Kier molecular flexibility index (Phi) is 6.85. The van der Waals surface area contributed by atoms with Gasteiger partial charge >= 0.3 is 5.51 Å². The van der Waals surface area contributed by atoms with Crippen LogP contribution in [0.1, 0.15) is 25.7 Å². The fraction of sp³-hybridized carbons (Fsp3) is 0.909. The third-order valence-corrected chi connectivity index (χ3v) is 3.50. The number of piperidine rings is 1. The van der Waals surface area contributed by atoms with Crippen molar-refractivity contribution in [2.45, 2.75) is 31.2 Å². The first-order valence-corrected chi connectivity index (χ1v) is 7.17. The summed E-state index contributed by atoms with van der Waals surface area (Å²) in [6, 6.07) is 0. The molecule has 1 aliphatic heterocycles. The summed E-state index contributed by atoms with van der Waals surface area (Å²) in [5.41, 5.74) is -4.16. The molecule has 0 aromatic heterocycles. The summed E-state index contributed by atoms with van der Waals surface area (Å²) in [6.07, 6.45) is 3.66. The second kappa shape index (κ2) is 7.89. The van der Waals surface area contributed by atoms with Crippen molar-refractivity contribution >= 4 is 17.7 Å². The molecule has 0 aromatic rings. The van der Waals surface area contributed by atoms with Gasteiger partial charge in [0.2, 0.25) is 5.91 Å². The Labute approximate surface area is 109 Å². The summed E-state index contributed by atoms with van der Waals surface area (Å²) < 4.78 is 35.4. The third kappa shape index (κ3) is 7.10. The van der Waals surface area contributed by atoms with Crippen LogP contribution in [0.5, 0.6) is 0 Å². The lowest BCUT2D eigenvalue weighted by Crippen LogP contribution is -2.37. The smallest absolute Gasteiger partial charge is 0.343 e. The van der Waals surface area contributed by atoms with Crippen molar-refractivity contribution in [2.24, 2.45) is 0 Å². The molecule has 0 bridgehead atoms. The number of halogens is 3. The molecule has 1 fully saturated rings. The molecule has 0 radical (unpaired) electrons. The molecule has 1 aliphatic rings. The molecular formula is C11H19F3N2OS. The van der Waals surface area contributed by atoms with E-state index < -0.39 is 5.51 Å². The monoisotopic (exact) mass is 284 g/mol. The van der Waals surface area contributed by atoms with Crippen molar-refractivity contribution in [3.8, 4) is 0 Å². The van der Waals surface area contributed by atoms with Crippen molar-refractivity contribution in [3.05, 3.63) is 0 Å². The van der Waals surface area contributed by atoms with E-state index in [1.54, 1.807) is 0 Å². The molecule has 1 saturated heterocycles. The van der Waals surface area contributed by atoms with Crippen molar-refractivity contribution in [1.82, 2.24) is 10.2 Å². The molecule has 106 valence electrons. The Balaban J connectivity index is 1.98. The van der Waals surface area contributed by atoms with Gasteiger partial charge in [-0.25, -0.2) is 0 Å². The predicted molar refractivity (Wildman–Crippen MR) is 66.4 cm³/mol. The second-order valence-corrected chi connectivity index (χ2v) is 5.40. The number of hydrogen-bond donors (Lipinski definition) is 1. The van der Waals surface area contributed by atoms with E-state index in [1.165, 1.54) is 6.42 Å². The number of carbonyl (C=O) groups is 1. The van der Waals surface area contributed by atoms with Gasteiger partial charge in [-0.15, -0.1) is 0 Å². The van der Waals surface area contributed by atoms with Gasteiger partial charge in [-0.3, -0.25) is 4.79 Å². The van der Waals surface area contributed by atoms with E-state index in [9.17, 15) is 18.0 Å². The second-order valence-electron chi connectivity index (χ2n) is 4.24. The predicted octanol–water partition coefficient (Wildman–Crippen LogP) is 2.23. The lowest BCUT2D eigenvalue weighted by Gasteiger charge is -2.26. The summed E-state index contributed by atoms with van der Waals surface area (Å²) in [5, 5.41) is 2.86. The molecule has 1 N–H and O–H groups in total. The van der Waals surface area contributed by atoms with Crippen LogP contribution < -0.4 is 5.32 Å². The van der Waals surface area contributed by atoms with Crippen LogP contribution >= 0.6 is 11.8 Å². The fourth-order valence-corrected chi connectivity index (χ4v) is 2.34. The molecule has 0 aromatic carbocycles. The molecule has 3 nitrogen and oxygen atoms in total. The Morgan fingerprint density at radius 2 is 1.83 bits per heavy atom. The molecular weight excluding hydrogens is 265 g/mol. The van der Waals surface area contributed by atoms with Crippen molar-refractivity contribution in [3.63, 3.8) is 0 Å². The first kappa shape index (κ1) is 15.6. The van der Waals surface area contributed by atoms with E-state index in [1.807, 2.05) is 4.90 Å². The zero-order chi connectivity index (χ0) is 13.4. The molecule has 0 saturated carbocycles. The van der Waals surface area contributed by atoms with Gasteiger partial charge in [0.25, 0.3) is 0 Å². The van der Waals surface area contributed by atoms with Crippen LogP contribution in [0.2, 0.25) is 0 Å². The number of nitrogens with one attached hydrogen (secondary N) is 1. The number of amides is 1. The standard InChI is InChI=1S/C11H19F3N2OS/c12-11(13,14)18-9-6-15-5-4-10(17)16-7-2-1-3-8-16/h15H,1-9H2. The Morgan fingerprint density at radius 3 is 2.44 bits per heavy atom. The highest BCUT2D eigenvalue weighted by Gasteiger charge is 2.27. The van der Waals surface area contributed by atoms with Gasteiger partial charge in [-0.1, -0.05) is 0 Å². The van der Waals surface area contributed by atoms with E-state index in [0.717, 1.165) is 25.9 Å². The number of rotatable bonds is 6. The van der Waals surface area contributed by atoms with Crippen LogP contribution in [-0.4, -0.2) is 48.2 Å². The molecule has 0 aliphatic carbocycles. The van der Waals surface area contributed by atoms with E-state index >= 15 is 0 Å². The minimum atomic E-state index is -4.16. The summed E-state index contributed by atoms with van der Waals surface area (Å²) in [5.74, 6) is 0.0900. The number of likely N-dealkylation sites (tertiary alicyclic amines) is 1. The van der Waals surface area contributed by atoms with Crippen LogP contribution in [0.25, 0.3) is 0 Å². The molecule has 1 rings (SSSR count). The SMILES string of the molecule is O=C(CCNCCSC(F)(F)F)N1CCCCC1. The van der Waals surface area contributed by atoms with Crippen LogP contribution in [-0.2, 0) is 4.79 Å². The zero-order valence-corrected chi connectivity index (χ0v) is 11.1. The Morgan fingerprint density at radius 1 is 1.17 bits per heavy atom.